The Bertz CT molecular complexity index is 638. The number of carbonyl (C=O) groups is 1. The van der Waals surface area contributed by atoms with Crippen molar-refractivity contribution in [3.05, 3.63) is 24.2 Å². The Morgan fingerprint density at radius 2 is 2.04 bits per heavy atom. The van der Waals surface area contributed by atoms with Gasteiger partial charge in [-0.05, 0) is 50.0 Å². The van der Waals surface area contributed by atoms with E-state index in [4.69, 9.17) is 9.15 Å². The zero-order valence-electron chi connectivity index (χ0n) is 15.6. The maximum atomic E-state index is 12.8. The Labute approximate surface area is 155 Å². The van der Waals surface area contributed by atoms with Gasteiger partial charge < -0.3 is 19.0 Å². The Balaban J connectivity index is 1.26. The lowest BCUT2D eigenvalue weighted by atomic mass is 9.77. The Morgan fingerprint density at radius 3 is 2.77 bits per heavy atom. The van der Waals surface area contributed by atoms with Gasteiger partial charge in [-0.2, -0.15) is 0 Å². The van der Waals surface area contributed by atoms with Crippen LogP contribution in [0.25, 0.3) is 0 Å². The summed E-state index contributed by atoms with van der Waals surface area (Å²) in [6.07, 6.45) is 9.75. The molecule has 0 unspecified atom stereocenters. The van der Waals surface area contributed by atoms with Crippen LogP contribution in [0, 0.1) is 23.2 Å². The third-order valence-corrected chi connectivity index (χ3v) is 6.91. The summed E-state index contributed by atoms with van der Waals surface area (Å²) in [4.78, 5) is 17.5. The zero-order valence-corrected chi connectivity index (χ0v) is 15.6. The number of ether oxygens (including phenoxy) is 1. The Hall–Kier alpha value is -1.33. The fraction of sp³-hybridized carbons (Fsp3) is 0.762. The van der Waals surface area contributed by atoms with Crippen molar-refractivity contribution in [3.63, 3.8) is 0 Å². The van der Waals surface area contributed by atoms with Crippen LogP contribution in [0.3, 0.4) is 0 Å². The number of rotatable bonds is 7. The molecule has 142 valence electrons. The lowest BCUT2D eigenvalue weighted by Crippen LogP contribution is -2.38. The lowest BCUT2D eigenvalue weighted by Gasteiger charge is -2.30. The largest absolute Gasteiger partial charge is 0.472 e. The van der Waals surface area contributed by atoms with Crippen LogP contribution in [-0.2, 0) is 4.74 Å². The SMILES string of the molecule is O=C(c1ccoc1)N1CC[C@@]2(CN(CC3CC3)C[C@H]2COCC2CC2)C1. The van der Waals surface area contributed by atoms with Crippen LogP contribution in [0.15, 0.2) is 23.0 Å². The average Bonchev–Trinajstić information content (AvgIpc) is 3.49. The quantitative estimate of drug-likeness (QED) is 0.752. The molecule has 2 aliphatic carbocycles. The highest BCUT2D eigenvalue weighted by Crippen LogP contribution is 2.46. The van der Waals surface area contributed by atoms with E-state index in [-0.39, 0.29) is 11.3 Å². The van der Waals surface area contributed by atoms with Crippen LogP contribution in [0.4, 0.5) is 0 Å². The summed E-state index contributed by atoms with van der Waals surface area (Å²) in [6.45, 7) is 7.07. The number of carbonyl (C=O) groups excluding carboxylic acids is 1. The fourth-order valence-corrected chi connectivity index (χ4v) is 4.94. The maximum absolute atomic E-state index is 12.8. The molecule has 5 nitrogen and oxygen atoms in total. The van der Waals surface area contributed by atoms with Crippen molar-refractivity contribution in [3.8, 4) is 0 Å². The number of furan rings is 1. The zero-order chi connectivity index (χ0) is 17.6. The number of hydrogen-bond acceptors (Lipinski definition) is 4. The molecule has 0 N–H and O–H groups in total. The second-order valence-corrected chi connectivity index (χ2v) is 9.17. The van der Waals surface area contributed by atoms with Gasteiger partial charge in [-0.25, -0.2) is 0 Å². The molecule has 4 fully saturated rings. The number of amides is 1. The van der Waals surface area contributed by atoms with E-state index in [1.807, 2.05) is 4.90 Å². The fourth-order valence-electron chi connectivity index (χ4n) is 4.94. The first-order valence-corrected chi connectivity index (χ1v) is 10.3. The summed E-state index contributed by atoms with van der Waals surface area (Å²) in [5.41, 5.74) is 0.897. The molecule has 3 heterocycles. The van der Waals surface area contributed by atoms with Gasteiger partial charge in [0.05, 0.1) is 18.4 Å². The third kappa shape index (κ3) is 3.44. The van der Waals surface area contributed by atoms with Crippen molar-refractivity contribution in [2.24, 2.45) is 23.2 Å². The van der Waals surface area contributed by atoms with E-state index in [2.05, 4.69) is 4.90 Å². The van der Waals surface area contributed by atoms with Crippen molar-refractivity contribution in [1.29, 1.82) is 0 Å². The molecule has 0 aromatic carbocycles. The average molecular weight is 358 g/mol. The van der Waals surface area contributed by atoms with Gasteiger partial charge in [0.2, 0.25) is 0 Å². The number of nitrogens with zero attached hydrogens (tertiary/aromatic N) is 2. The Kier molecular flexibility index (Phi) is 4.32. The summed E-state index contributed by atoms with van der Waals surface area (Å²) in [7, 11) is 0. The van der Waals surface area contributed by atoms with Crippen LogP contribution in [-0.4, -0.2) is 61.6 Å². The van der Waals surface area contributed by atoms with Gasteiger partial charge in [-0.1, -0.05) is 0 Å². The van der Waals surface area contributed by atoms with Crippen molar-refractivity contribution >= 4 is 5.91 Å². The van der Waals surface area contributed by atoms with Gasteiger partial charge in [-0.3, -0.25) is 4.79 Å². The van der Waals surface area contributed by atoms with Crippen LogP contribution in [0.1, 0.15) is 42.5 Å². The predicted molar refractivity (Wildman–Crippen MR) is 97.9 cm³/mol. The lowest BCUT2D eigenvalue weighted by molar-refractivity contribution is 0.0529. The summed E-state index contributed by atoms with van der Waals surface area (Å²) >= 11 is 0. The highest BCUT2D eigenvalue weighted by Gasteiger charge is 2.51. The highest BCUT2D eigenvalue weighted by atomic mass is 16.5. The van der Waals surface area contributed by atoms with Crippen molar-refractivity contribution in [2.45, 2.75) is 32.1 Å². The first-order chi connectivity index (χ1) is 12.7. The van der Waals surface area contributed by atoms with Gasteiger partial charge in [-0.15, -0.1) is 0 Å². The molecule has 2 aliphatic heterocycles. The minimum absolute atomic E-state index is 0.119. The molecule has 5 heteroatoms. The van der Waals surface area contributed by atoms with Crippen molar-refractivity contribution < 1.29 is 13.9 Å². The van der Waals surface area contributed by atoms with Crippen LogP contribution < -0.4 is 0 Å². The predicted octanol–water partition coefficient (Wildman–Crippen LogP) is 2.88. The molecule has 0 radical (unpaired) electrons. The molecule has 2 saturated heterocycles. The van der Waals surface area contributed by atoms with E-state index >= 15 is 0 Å². The van der Waals surface area contributed by atoms with E-state index in [0.29, 0.717) is 11.5 Å². The van der Waals surface area contributed by atoms with E-state index in [9.17, 15) is 4.79 Å². The normalized spacial score (nSPS) is 32.0. The second kappa shape index (κ2) is 6.68. The Morgan fingerprint density at radius 1 is 1.19 bits per heavy atom. The molecule has 5 rings (SSSR count). The molecule has 1 spiro atoms. The van der Waals surface area contributed by atoms with Crippen molar-refractivity contribution in [2.75, 3.05) is 45.9 Å². The van der Waals surface area contributed by atoms with Crippen molar-refractivity contribution in [1.82, 2.24) is 9.80 Å². The first-order valence-electron chi connectivity index (χ1n) is 10.3. The van der Waals surface area contributed by atoms with Crippen LogP contribution in [0.2, 0.25) is 0 Å². The third-order valence-electron chi connectivity index (χ3n) is 6.91. The van der Waals surface area contributed by atoms with E-state index in [0.717, 1.165) is 57.6 Å². The summed E-state index contributed by atoms with van der Waals surface area (Å²) in [5.74, 6) is 2.41. The van der Waals surface area contributed by atoms with Gasteiger partial charge >= 0.3 is 0 Å². The van der Waals surface area contributed by atoms with Gasteiger partial charge in [0.1, 0.15) is 6.26 Å². The molecular formula is C21H30N2O3. The molecule has 1 amide bonds. The number of likely N-dealkylation sites (tertiary alicyclic amines) is 2. The van der Waals surface area contributed by atoms with E-state index in [1.165, 1.54) is 32.2 Å². The minimum atomic E-state index is 0.119. The molecule has 2 saturated carbocycles. The van der Waals surface area contributed by atoms with E-state index in [1.54, 1.807) is 18.6 Å². The molecule has 1 aromatic rings. The van der Waals surface area contributed by atoms with Crippen LogP contribution in [0.5, 0.6) is 0 Å². The molecule has 26 heavy (non-hydrogen) atoms. The summed E-state index contributed by atoms with van der Waals surface area (Å²) in [6, 6.07) is 1.78. The topological polar surface area (TPSA) is 45.9 Å². The van der Waals surface area contributed by atoms with Crippen LogP contribution >= 0.6 is 0 Å². The standard InChI is InChI=1S/C21H30N2O3/c24-20(18-5-8-25-12-18)23-7-6-21(15-23)14-22(9-16-1-2-16)10-19(21)13-26-11-17-3-4-17/h5,8,12,16-17,19H,1-4,6-7,9-11,13-15H2/t19-,21+/m0/s1. The summed E-state index contributed by atoms with van der Waals surface area (Å²) in [5, 5.41) is 0. The maximum Gasteiger partial charge on any atom is 0.257 e. The molecular weight excluding hydrogens is 328 g/mol. The highest BCUT2D eigenvalue weighted by molar-refractivity contribution is 5.94. The minimum Gasteiger partial charge on any atom is -0.472 e. The van der Waals surface area contributed by atoms with Gasteiger partial charge in [0.25, 0.3) is 5.91 Å². The van der Waals surface area contributed by atoms with Gasteiger partial charge in [0.15, 0.2) is 0 Å². The molecule has 4 aliphatic rings. The number of hydrogen-bond donors (Lipinski definition) is 0. The monoisotopic (exact) mass is 358 g/mol. The molecule has 1 aromatic heterocycles. The molecule has 2 atom stereocenters. The smallest absolute Gasteiger partial charge is 0.257 e. The first kappa shape index (κ1) is 16.8. The van der Waals surface area contributed by atoms with Gasteiger partial charge in [0, 0.05) is 50.7 Å². The second-order valence-electron chi connectivity index (χ2n) is 9.17. The molecule has 0 bridgehead atoms. The summed E-state index contributed by atoms with van der Waals surface area (Å²) < 4.78 is 11.2. The van der Waals surface area contributed by atoms with E-state index < -0.39 is 0 Å².